The third-order valence-electron chi connectivity index (χ3n) is 2.43. The van der Waals surface area contributed by atoms with Crippen molar-refractivity contribution in [3.63, 3.8) is 0 Å². The molecule has 0 aliphatic rings. The molecule has 0 unspecified atom stereocenters. The highest BCUT2D eigenvalue weighted by Crippen LogP contribution is 2.21. The molecule has 0 saturated carbocycles. The van der Waals surface area contributed by atoms with Crippen molar-refractivity contribution in [2.75, 3.05) is 0 Å². The van der Waals surface area contributed by atoms with Crippen LogP contribution in [0.25, 0.3) is 0 Å². The van der Waals surface area contributed by atoms with Crippen LogP contribution < -0.4 is 11.1 Å². The molecule has 15 heavy (non-hydrogen) atoms. The van der Waals surface area contributed by atoms with Gasteiger partial charge in [0.1, 0.15) is 0 Å². The van der Waals surface area contributed by atoms with E-state index in [2.05, 4.69) is 18.8 Å². The van der Waals surface area contributed by atoms with Gasteiger partial charge in [-0.2, -0.15) is 0 Å². The number of urea groups is 1. The van der Waals surface area contributed by atoms with Gasteiger partial charge in [0.05, 0.1) is 0 Å². The topological polar surface area (TPSA) is 72.2 Å². The van der Waals surface area contributed by atoms with Crippen molar-refractivity contribution in [2.24, 2.45) is 17.6 Å². The van der Waals surface area contributed by atoms with Crippen LogP contribution in [0.3, 0.4) is 0 Å². The predicted octanol–water partition coefficient (Wildman–Crippen LogP) is 1.81. The first-order valence-corrected chi connectivity index (χ1v) is 5.24. The fraction of sp³-hybridized carbons (Fsp3) is 0.636. The van der Waals surface area contributed by atoms with E-state index < -0.39 is 6.03 Å². The molecule has 0 rings (SSSR count). The number of imide groups is 1. The Bertz CT molecular complexity index is 239. The SMILES string of the molecule is C=CC[C@H](C(=O)NC(N)=O)[C@@H](C)CCC. The van der Waals surface area contributed by atoms with Crippen LogP contribution >= 0.6 is 0 Å². The Balaban J connectivity index is 4.41. The van der Waals surface area contributed by atoms with Gasteiger partial charge in [-0.05, 0) is 12.3 Å². The number of hydrogen-bond donors (Lipinski definition) is 2. The average Bonchev–Trinajstić information content (AvgIpc) is 2.13. The van der Waals surface area contributed by atoms with Crippen molar-refractivity contribution in [2.45, 2.75) is 33.1 Å². The minimum Gasteiger partial charge on any atom is -0.351 e. The van der Waals surface area contributed by atoms with Gasteiger partial charge in [0.25, 0.3) is 0 Å². The number of allylic oxidation sites excluding steroid dienone is 1. The predicted molar refractivity (Wildman–Crippen MR) is 60.1 cm³/mol. The molecule has 0 bridgehead atoms. The smallest absolute Gasteiger partial charge is 0.318 e. The number of primary amides is 1. The van der Waals surface area contributed by atoms with Crippen LogP contribution in [0.5, 0.6) is 0 Å². The van der Waals surface area contributed by atoms with Crippen LogP contribution in [0, 0.1) is 11.8 Å². The maximum absolute atomic E-state index is 11.6. The first-order chi connectivity index (χ1) is 7.02. The molecule has 86 valence electrons. The second-order valence-electron chi connectivity index (χ2n) is 3.75. The van der Waals surface area contributed by atoms with Gasteiger partial charge in [-0.15, -0.1) is 6.58 Å². The third kappa shape index (κ3) is 5.20. The van der Waals surface area contributed by atoms with E-state index in [0.717, 1.165) is 12.8 Å². The first-order valence-electron chi connectivity index (χ1n) is 5.24. The summed E-state index contributed by atoms with van der Waals surface area (Å²) in [5, 5.41) is 2.12. The summed E-state index contributed by atoms with van der Waals surface area (Å²) in [6.07, 6.45) is 4.22. The van der Waals surface area contributed by atoms with Crippen LogP contribution in [0.1, 0.15) is 33.1 Å². The number of hydrogen-bond acceptors (Lipinski definition) is 2. The Morgan fingerprint density at radius 1 is 1.53 bits per heavy atom. The Morgan fingerprint density at radius 3 is 2.53 bits per heavy atom. The molecule has 0 heterocycles. The summed E-state index contributed by atoms with van der Waals surface area (Å²) in [4.78, 5) is 22.2. The quantitative estimate of drug-likeness (QED) is 0.659. The second-order valence-corrected chi connectivity index (χ2v) is 3.75. The summed E-state index contributed by atoms with van der Waals surface area (Å²) in [7, 11) is 0. The molecular formula is C11H20N2O2. The van der Waals surface area contributed by atoms with E-state index in [4.69, 9.17) is 5.73 Å². The lowest BCUT2D eigenvalue weighted by Crippen LogP contribution is -2.41. The summed E-state index contributed by atoms with van der Waals surface area (Å²) >= 11 is 0. The zero-order chi connectivity index (χ0) is 11.8. The monoisotopic (exact) mass is 212 g/mol. The van der Waals surface area contributed by atoms with E-state index in [9.17, 15) is 9.59 Å². The maximum atomic E-state index is 11.6. The molecule has 0 spiro atoms. The molecule has 0 fully saturated rings. The van der Waals surface area contributed by atoms with E-state index in [1.54, 1.807) is 6.08 Å². The third-order valence-corrected chi connectivity index (χ3v) is 2.43. The lowest BCUT2D eigenvalue weighted by molar-refractivity contribution is -0.125. The molecule has 0 saturated heterocycles. The van der Waals surface area contributed by atoms with E-state index in [-0.39, 0.29) is 17.7 Å². The Hall–Kier alpha value is -1.32. The van der Waals surface area contributed by atoms with Crippen LogP contribution in [0.4, 0.5) is 4.79 Å². The molecule has 4 nitrogen and oxygen atoms in total. The number of rotatable bonds is 6. The fourth-order valence-electron chi connectivity index (χ4n) is 1.65. The molecule has 4 heteroatoms. The second kappa shape index (κ2) is 7.04. The number of nitrogens with two attached hydrogens (primary N) is 1. The van der Waals surface area contributed by atoms with E-state index >= 15 is 0 Å². The fourth-order valence-corrected chi connectivity index (χ4v) is 1.65. The van der Waals surface area contributed by atoms with Gasteiger partial charge in [-0.3, -0.25) is 10.1 Å². The van der Waals surface area contributed by atoms with Crippen molar-refractivity contribution in [1.29, 1.82) is 0 Å². The van der Waals surface area contributed by atoms with Gasteiger partial charge in [0.2, 0.25) is 5.91 Å². The summed E-state index contributed by atoms with van der Waals surface area (Å²) in [5.74, 6) is -0.286. The van der Waals surface area contributed by atoms with Crippen molar-refractivity contribution in [3.05, 3.63) is 12.7 Å². The molecule has 0 aromatic rings. The summed E-state index contributed by atoms with van der Waals surface area (Å²) in [6.45, 7) is 7.67. The van der Waals surface area contributed by atoms with E-state index in [1.807, 2.05) is 6.92 Å². The minimum absolute atomic E-state index is 0.213. The molecular weight excluding hydrogens is 192 g/mol. The van der Waals surface area contributed by atoms with E-state index in [1.165, 1.54) is 0 Å². The highest BCUT2D eigenvalue weighted by molar-refractivity contribution is 5.94. The van der Waals surface area contributed by atoms with Crippen LogP contribution in [-0.2, 0) is 4.79 Å². The van der Waals surface area contributed by atoms with Crippen LogP contribution in [0.2, 0.25) is 0 Å². The number of carbonyl (C=O) groups is 2. The first kappa shape index (κ1) is 13.7. The van der Waals surface area contributed by atoms with Gasteiger partial charge < -0.3 is 5.73 Å². The number of nitrogens with one attached hydrogen (secondary N) is 1. The van der Waals surface area contributed by atoms with Crippen molar-refractivity contribution < 1.29 is 9.59 Å². The average molecular weight is 212 g/mol. The molecule has 0 radical (unpaired) electrons. The Morgan fingerprint density at radius 2 is 2.13 bits per heavy atom. The number of amides is 3. The Labute approximate surface area is 90.9 Å². The molecule has 0 aromatic carbocycles. The van der Waals surface area contributed by atoms with Crippen molar-refractivity contribution in [3.8, 4) is 0 Å². The van der Waals surface area contributed by atoms with Crippen molar-refractivity contribution in [1.82, 2.24) is 5.32 Å². The molecule has 0 aliphatic carbocycles. The van der Waals surface area contributed by atoms with Crippen LogP contribution in [-0.4, -0.2) is 11.9 Å². The summed E-state index contributed by atoms with van der Waals surface area (Å²) in [6, 6.07) is -0.794. The number of carbonyl (C=O) groups excluding carboxylic acids is 2. The summed E-state index contributed by atoms with van der Waals surface area (Å²) < 4.78 is 0. The standard InChI is InChI=1S/C11H20N2O2/c1-4-6-8(3)9(7-5-2)10(14)13-11(12)15/h5,8-9H,2,4,6-7H2,1,3H3,(H3,12,13,14,15)/t8-,9-/m0/s1. The Kier molecular flexibility index (Phi) is 6.42. The lowest BCUT2D eigenvalue weighted by Gasteiger charge is -2.20. The highest BCUT2D eigenvalue weighted by Gasteiger charge is 2.23. The minimum atomic E-state index is -0.794. The zero-order valence-electron chi connectivity index (χ0n) is 9.45. The zero-order valence-corrected chi connectivity index (χ0v) is 9.45. The van der Waals surface area contributed by atoms with Gasteiger partial charge >= 0.3 is 6.03 Å². The normalized spacial score (nSPS) is 14.0. The molecule has 3 amide bonds. The maximum Gasteiger partial charge on any atom is 0.318 e. The lowest BCUT2D eigenvalue weighted by atomic mass is 9.87. The molecule has 2 atom stereocenters. The van der Waals surface area contributed by atoms with Gasteiger partial charge in [-0.1, -0.05) is 32.8 Å². The largest absolute Gasteiger partial charge is 0.351 e. The van der Waals surface area contributed by atoms with E-state index in [0.29, 0.717) is 6.42 Å². The molecule has 0 aromatic heterocycles. The molecule has 3 N–H and O–H groups in total. The molecule has 0 aliphatic heterocycles. The van der Waals surface area contributed by atoms with Crippen molar-refractivity contribution >= 4 is 11.9 Å². The highest BCUT2D eigenvalue weighted by atomic mass is 16.2. The summed E-state index contributed by atoms with van der Waals surface area (Å²) in [5.41, 5.74) is 4.90. The van der Waals surface area contributed by atoms with Crippen LogP contribution in [0.15, 0.2) is 12.7 Å². The van der Waals surface area contributed by atoms with Gasteiger partial charge in [-0.25, -0.2) is 4.79 Å². The van der Waals surface area contributed by atoms with Gasteiger partial charge in [0.15, 0.2) is 0 Å². The van der Waals surface area contributed by atoms with Gasteiger partial charge in [0, 0.05) is 5.92 Å².